The second kappa shape index (κ2) is 11.9. The quantitative estimate of drug-likeness (QED) is 0.183. The third kappa shape index (κ3) is 5.24. The average Bonchev–Trinajstić information content (AvgIpc) is 3.43. The van der Waals surface area contributed by atoms with E-state index in [1.54, 1.807) is 5.57 Å². The molecule has 1 nitrogen and oxygen atoms in total. The maximum atomic E-state index is 4.69. The second-order valence-corrected chi connectivity index (χ2v) is 14.6. The van der Waals surface area contributed by atoms with Gasteiger partial charge in [0.2, 0.25) is 0 Å². The highest BCUT2D eigenvalue weighted by Crippen LogP contribution is 2.53. The Labute approximate surface area is 268 Å². The van der Waals surface area contributed by atoms with Gasteiger partial charge in [-0.25, -0.2) is 0 Å². The van der Waals surface area contributed by atoms with Crippen LogP contribution in [-0.2, 0) is 5.41 Å². The SMILES string of the molecule is C=C(/C=C\C(c1ccccc1)C(C)C)N(c1ccc2c(c1)C1=C(C(C)CC=C1)C2(C)C)c1ccc2sc(C)c(/C=C\C)c2c1. The van der Waals surface area contributed by atoms with E-state index >= 15 is 0 Å². The molecule has 2 atom stereocenters. The van der Waals surface area contributed by atoms with Gasteiger partial charge in [-0.15, -0.1) is 11.3 Å². The van der Waals surface area contributed by atoms with Crippen LogP contribution in [-0.4, -0.2) is 0 Å². The zero-order valence-corrected chi connectivity index (χ0v) is 28.1. The lowest BCUT2D eigenvalue weighted by Gasteiger charge is -2.30. The summed E-state index contributed by atoms with van der Waals surface area (Å²) in [5.74, 6) is 1.33. The van der Waals surface area contributed by atoms with Gasteiger partial charge in [0.05, 0.1) is 0 Å². The number of nitrogens with zero attached hydrogens (tertiary/aromatic N) is 1. The van der Waals surface area contributed by atoms with Crippen molar-refractivity contribution in [2.75, 3.05) is 4.90 Å². The highest BCUT2D eigenvalue weighted by atomic mass is 32.1. The molecule has 4 aromatic rings. The minimum absolute atomic E-state index is 0.0315. The van der Waals surface area contributed by atoms with Crippen LogP contribution in [0.5, 0.6) is 0 Å². The van der Waals surface area contributed by atoms with E-state index in [1.165, 1.54) is 42.8 Å². The molecular formula is C42H45NS. The van der Waals surface area contributed by atoms with Crippen molar-refractivity contribution in [3.05, 3.63) is 142 Å². The van der Waals surface area contributed by atoms with E-state index in [0.29, 0.717) is 17.8 Å². The maximum absolute atomic E-state index is 4.69. The minimum atomic E-state index is 0.0315. The number of aryl methyl sites for hydroxylation is 1. The van der Waals surface area contributed by atoms with Crippen LogP contribution in [0.4, 0.5) is 11.4 Å². The molecular weight excluding hydrogens is 551 g/mol. The van der Waals surface area contributed by atoms with Crippen molar-refractivity contribution in [1.29, 1.82) is 0 Å². The lowest BCUT2D eigenvalue weighted by atomic mass is 9.74. The molecule has 1 heterocycles. The topological polar surface area (TPSA) is 3.24 Å². The van der Waals surface area contributed by atoms with Gasteiger partial charge in [-0.05, 0) is 102 Å². The largest absolute Gasteiger partial charge is 0.311 e. The lowest BCUT2D eigenvalue weighted by Crippen LogP contribution is -2.22. The third-order valence-corrected chi connectivity index (χ3v) is 10.7. The molecule has 2 aliphatic carbocycles. The van der Waals surface area contributed by atoms with Gasteiger partial charge in [-0.3, -0.25) is 0 Å². The van der Waals surface area contributed by atoms with Crippen molar-refractivity contribution >= 4 is 44.4 Å². The first-order chi connectivity index (χ1) is 21.1. The van der Waals surface area contributed by atoms with Gasteiger partial charge in [-0.1, -0.05) is 108 Å². The molecule has 44 heavy (non-hydrogen) atoms. The van der Waals surface area contributed by atoms with E-state index in [0.717, 1.165) is 23.5 Å². The molecule has 0 saturated carbocycles. The Kier molecular flexibility index (Phi) is 8.16. The number of allylic oxidation sites excluding steroid dienone is 7. The number of anilines is 2. The zero-order valence-electron chi connectivity index (χ0n) is 27.3. The van der Waals surface area contributed by atoms with Crippen LogP contribution in [0.2, 0.25) is 0 Å². The summed E-state index contributed by atoms with van der Waals surface area (Å²) in [6, 6.07) is 24.8. The monoisotopic (exact) mass is 595 g/mol. The number of hydrogen-bond acceptors (Lipinski definition) is 2. The molecule has 0 spiro atoms. The third-order valence-electron chi connectivity index (χ3n) is 9.63. The fraction of sp³-hybridized carbons (Fsp3) is 0.286. The molecule has 0 bridgehead atoms. The molecule has 2 heteroatoms. The summed E-state index contributed by atoms with van der Waals surface area (Å²) < 4.78 is 1.32. The second-order valence-electron chi connectivity index (χ2n) is 13.3. The molecule has 3 aromatic carbocycles. The van der Waals surface area contributed by atoms with Gasteiger partial charge in [0.15, 0.2) is 0 Å². The van der Waals surface area contributed by atoms with E-state index < -0.39 is 0 Å². The highest BCUT2D eigenvalue weighted by molar-refractivity contribution is 7.19. The van der Waals surface area contributed by atoms with Gasteiger partial charge in [0.1, 0.15) is 0 Å². The molecule has 6 rings (SSSR count). The Morgan fingerprint density at radius 1 is 1.02 bits per heavy atom. The zero-order chi connectivity index (χ0) is 31.2. The molecule has 0 radical (unpaired) electrons. The highest BCUT2D eigenvalue weighted by Gasteiger charge is 2.40. The van der Waals surface area contributed by atoms with Crippen LogP contribution in [0.3, 0.4) is 0 Å². The normalized spacial score (nSPS) is 18.0. The van der Waals surface area contributed by atoms with E-state index in [1.807, 2.05) is 11.3 Å². The Balaban J connectivity index is 1.49. The summed E-state index contributed by atoms with van der Waals surface area (Å²) in [7, 11) is 0. The predicted octanol–water partition coefficient (Wildman–Crippen LogP) is 12.5. The first kappa shape index (κ1) is 30.2. The van der Waals surface area contributed by atoms with Gasteiger partial charge in [0.25, 0.3) is 0 Å². The predicted molar refractivity (Wildman–Crippen MR) is 195 cm³/mol. The molecule has 1 aromatic heterocycles. The van der Waals surface area contributed by atoms with Crippen LogP contribution in [0.1, 0.15) is 81.0 Å². The van der Waals surface area contributed by atoms with Crippen LogP contribution in [0.15, 0.2) is 115 Å². The number of thiophene rings is 1. The average molecular weight is 596 g/mol. The van der Waals surface area contributed by atoms with Crippen LogP contribution in [0, 0.1) is 18.8 Å². The van der Waals surface area contributed by atoms with Crippen molar-refractivity contribution in [3.8, 4) is 0 Å². The first-order valence-electron chi connectivity index (χ1n) is 16.1. The standard InChI is InChI=1S/C42H45NS/c1-9-14-35-30(6)44-40-24-21-33(26-38(35)40)43(29(5)19-22-34(27(2)3)31-16-11-10-12-17-31)32-20-23-39-37(25-32)36-18-13-15-28(4)41(36)42(39,7)8/h9-14,16-28,34H,5,15H2,1-4,6-8H3/b14-9-,22-19-. The Morgan fingerprint density at radius 3 is 2.48 bits per heavy atom. The van der Waals surface area contributed by atoms with Crippen molar-refractivity contribution in [2.45, 2.75) is 66.2 Å². The van der Waals surface area contributed by atoms with E-state index in [9.17, 15) is 0 Å². The molecule has 224 valence electrons. The summed E-state index contributed by atoms with van der Waals surface area (Å²) in [4.78, 5) is 3.70. The number of rotatable bonds is 8. The Bertz CT molecular complexity index is 1840. The Hall–Kier alpha value is -3.88. The summed E-state index contributed by atoms with van der Waals surface area (Å²) in [6.07, 6.45) is 14.8. The number of benzene rings is 3. The fourth-order valence-corrected chi connectivity index (χ4v) is 8.57. The van der Waals surface area contributed by atoms with Crippen molar-refractivity contribution in [1.82, 2.24) is 0 Å². The maximum Gasteiger partial charge on any atom is 0.0468 e. The summed E-state index contributed by atoms with van der Waals surface area (Å²) in [5.41, 5.74) is 11.7. The van der Waals surface area contributed by atoms with Gasteiger partial charge >= 0.3 is 0 Å². The summed E-state index contributed by atoms with van der Waals surface area (Å²) in [5, 5.41) is 1.30. The molecule has 2 unspecified atom stereocenters. The van der Waals surface area contributed by atoms with Gasteiger partial charge in [0, 0.05) is 43.4 Å². The van der Waals surface area contributed by atoms with Crippen LogP contribution < -0.4 is 4.90 Å². The molecule has 0 amide bonds. The minimum Gasteiger partial charge on any atom is -0.311 e. The Morgan fingerprint density at radius 2 is 1.75 bits per heavy atom. The van der Waals surface area contributed by atoms with Gasteiger partial charge in [-0.2, -0.15) is 0 Å². The fourth-order valence-electron chi connectivity index (χ4n) is 7.54. The molecule has 0 aliphatic heterocycles. The van der Waals surface area contributed by atoms with Crippen LogP contribution in [0.25, 0.3) is 21.7 Å². The van der Waals surface area contributed by atoms with E-state index in [2.05, 4.69) is 157 Å². The van der Waals surface area contributed by atoms with Crippen molar-refractivity contribution in [2.24, 2.45) is 11.8 Å². The van der Waals surface area contributed by atoms with Crippen LogP contribution >= 0.6 is 11.3 Å². The number of hydrogen-bond donors (Lipinski definition) is 0. The molecule has 0 saturated heterocycles. The van der Waals surface area contributed by atoms with Crippen molar-refractivity contribution in [3.63, 3.8) is 0 Å². The van der Waals surface area contributed by atoms with E-state index in [4.69, 9.17) is 6.58 Å². The number of fused-ring (bicyclic) bond motifs is 3. The van der Waals surface area contributed by atoms with Crippen molar-refractivity contribution < 1.29 is 0 Å². The molecule has 2 aliphatic rings. The molecule has 0 N–H and O–H groups in total. The van der Waals surface area contributed by atoms with Gasteiger partial charge < -0.3 is 4.90 Å². The smallest absolute Gasteiger partial charge is 0.0468 e. The summed E-state index contributed by atoms with van der Waals surface area (Å²) in [6.45, 7) is 20.8. The van der Waals surface area contributed by atoms with E-state index in [-0.39, 0.29) is 5.41 Å². The summed E-state index contributed by atoms with van der Waals surface area (Å²) >= 11 is 1.87. The lowest BCUT2D eigenvalue weighted by molar-refractivity contribution is 0.530. The first-order valence-corrected chi connectivity index (χ1v) is 16.9. The molecule has 0 fully saturated rings.